The molecule has 0 N–H and O–H groups in total. The van der Waals surface area contributed by atoms with Crippen LogP contribution in [0.15, 0.2) is 48.8 Å². The molecule has 1 aromatic heterocycles. The number of hydrogen-bond donors (Lipinski definition) is 0. The van der Waals surface area contributed by atoms with Crippen molar-refractivity contribution >= 4 is 17.4 Å². The summed E-state index contributed by atoms with van der Waals surface area (Å²) in [6.45, 7) is 0.253. The molecule has 0 bridgehead atoms. The van der Waals surface area contributed by atoms with Crippen molar-refractivity contribution in [2.45, 2.75) is 6.54 Å². The third-order valence-electron chi connectivity index (χ3n) is 2.51. The summed E-state index contributed by atoms with van der Waals surface area (Å²) in [7, 11) is 0. The maximum absolute atomic E-state index is 12.0. The highest BCUT2D eigenvalue weighted by Gasteiger charge is 2.11. The lowest BCUT2D eigenvalue weighted by Crippen LogP contribution is -3.00. The predicted molar refractivity (Wildman–Crippen MR) is 67.1 cm³/mol. The third-order valence-corrected chi connectivity index (χ3v) is 2.76. The molecule has 0 aliphatic rings. The largest absolute Gasteiger partial charge is 1.00 e. The molecule has 0 fully saturated rings. The molecule has 3 nitrogen and oxygen atoms in total. The van der Waals surface area contributed by atoms with E-state index in [1.165, 1.54) is 0 Å². The van der Waals surface area contributed by atoms with E-state index in [9.17, 15) is 4.79 Å². The molecule has 19 heavy (non-hydrogen) atoms. The summed E-state index contributed by atoms with van der Waals surface area (Å²) in [6.07, 6.45) is 3.51. The van der Waals surface area contributed by atoms with Crippen LogP contribution in [-0.2, 0) is 6.54 Å². The summed E-state index contributed by atoms with van der Waals surface area (Å²) in [6, 6.07) is 12.1. The van der Waals surface area contributed by atoms with Crippen molar-refractivity contribution in [3.05, 3.63) is 64.9 Å². The maximum atomic E-state index is 12.0. The molecule has 0 saturated carbocycles. The zero-order chi connectivity index (χ0) is 13.0. The van der Waals surface area contributed by atoms with Gasteiger partial charge in [0, 0.05) is 17.7 Å². The van der Waals surface area contributed by atoms with E-state index in [1.54, 1.807) is 53.4 Å². The minimum Gasteiger partial charge on any atom is -1.00 e. The van der Waals surface area contributed by atoms with Crippen LogP contribution < -0.4 is 17.0 Å². The third kappa shape index (κ3) is 4.06. The number of halogens is 2. The molecule has 1 heterocycles. The van der Waals surface area contributed by atoms with Gasteiger partial charge in [-0.3, -0.25) is 4.79 Å². The van der Waals surface area contributed by atoms with E-state index < -0.39 is 0 Å². The number of nitriles is 1. The number of carbonyl (C=O) groups is 1. The highest BCUT2D eigenvalue weighted by molar-refractivity contribution is 6.30. The van der Waals surface area contributed by atoms with E-state index in [0.717, 1.165) is 0 Å². The zero-order valence-electron chi connectivity index (χ0n) is 9.88. The second kappa shape index (κ2) is 6.89. The smallest absolute Gasteiger partial charge is 0.227 e. The van der Waals surface area contributed by atoms with Crippen molar-refractivity contribution in [3.63, 3.8) is 0 Å². The van der Waals surface area contributed by atoms with E-state index in [1.807, 2.05) is 6.07 Å². The lowest BCUT2D eigenvalue weighted by molar-refractivity contribution is -0.683. The summed E-state index contributed by atoms with van der Waals surface area (Å²) in [4.78, 5) is 12.0. The highest BCUT2D eigenvalue weighted by atomic mass is 35.5. The van der Waals surface area contributed by atoms with Crippen LogP contribution in [0.3, 0.4) is 0 Å². The van der Waals surface area contributed by atoms with Gasteiger partial charge in [0.05, 0.1) is 16.7 Å². The minimum absolute atomic E-state index is 0. The predicted octanol–water partition coefficient (Wildman–Crippen LogP) is -0.614. The van der Waals surface area contributed by atoms with Crippen molar-refractivity contribution in [3.8, 4) is 6.07 Å². The molecule has 0 radical (unpaired) electrons. The Bertz CT molecular complexity index is 601. The number of Topliss-reactive ketones (excluding diaryl/α,β-unsaturated/α-hetero) is 1. The quantitative estimate of drug-likeness (QED) is 0.559. The van der Waals surface area contributed by atoms with Crippen molar-refractivity contribution in [2.24, 2.45) is 0 Å². The van der Waals surface area contributed by atoms with Gasteiger partial charge >= 0.3 is 0 Å². The number of rotatable bonds is 3. The number of hydrogen-bond acceptors (Lipinski definition) is 2. The Morgan fingerprint density at radius 2 is 1.74 bits per heavy atom. The molecule has 2 rings (SSSR count). The fourth-order valence-electron chi connectivity index (χ4n) is 1.53. The molecule has 1 aromatic carbocycles. The van der Waals surface area contributed by atoms with E-state index in [2.05, 4.69) is 0 Å². The molecule has 2 aromatic rings. The summed E-state index contributed by atoms with van der Waals surface area (Å²) < 4.78 is 1.76. The van der Waals surface area contributed by atoms with Crippen molar-refractivity contribution in [1.82, 2.24) is 0 Å². The first-order valence-electron chi connectivity index (χ1n) is 5.37. The lowest BCUT2D eigenvalue weighted by atomic mass is 10.1. The molecule has 96 valence electrons. The van der Waals surface area contributed by atoms with E-state index in [0.29, 0.717) is 16.1 Å². The van der Waals surface area contributed by atoms with Gasteiger partial charge in [-0.05, 0) is 24.3 Å². The second-order valence-corrected chi connectivity index (χ2v) is 4.24. The van der Waals surface area contributed by atoms with Crippen LogP contribution in [-0.4, -0.2) is 5.78 Å². The topological polar surface area (TPSA) is 44.7 Å². The standard InChI is InChI=1S/C14H10ClN2O.ClH/c15-13-5-7-17(8-6-13)10-14(18)12-3-1-11(9-16)2-4-12;/h1-8H,10H2;1H/q+1;/p-1. The molecule has 0 amide bonds. The highest BCUT2D eigenvalue weighted by Crippen LogP contribution is 2.05. The van der Waals surface area contributed by atoms with E-state index in [-0.39, 0.29) is 24.7 Å². The summed E-state index contributed by atoms with van der Waals surface area (Å²) in [5.41, 5.74) is 1.14. The first-order chi connectivity index (χ1) is 8.69. The fourth-order valence-corrected chi connectivity index (χ4v) is 1.64. The van der Waals surface area contributed by atoms with Gasteiger partial charge in [0.1, 0.15) is 0 Å². The van der Waals surface area contributed by atoms with Gasteiger partial charge < -0.3 is 12.4 Å². The van der Waals surface area contributed by atoms with Crippen molar-refractivity contribution < 1.29 is 21.8 Å². The number of benzene rings is 1. The molecule has 0 atom stereocenters. The summed E-state index contributed by atoms with van der Waals surface area (Å²) >= 11 is 5.77. The van der Waals surface area contributed by atoms with Crippen LogP contribution in [0.1, 0.15) is 15.9 Å². The Hall–Kier alpha value is -1.89. The Morgan fingerprint density at radius 3 is 2.26 bits per heavy atom. The van der Waals surface area contributed by atoms with Gasteiger partial charge in [-0.1, -0.05) is 11.6 Å². The monoisotopic (exact) mass is 292 g/mol. The fraction of sp³-hybridized carbons (Fsp3) is 0.0714. The van der Waals surface area contributed by atoms with Gasteiger partial charge in [0.2, 0.25) is 12.3 Å². The van der Waals surface area contributed by atoms with E-state index in [4.69, 9.17) is 16.9 Å². The molecule has 0 saturated heterocycles. The van der Waals surface area contributed by atoms with Gasteiger partial charge in [0.15, 0.2) is 12.4 Å². The molecule has 0 aliphatic heterocycles. The molecule has 5 heteroatoms. The van der Waals surface area contributed by atoms with Crippen LogP contribution in [0, 0.1) is 11.3 Å². The Labute approximate surface area is 122 Å². The van der Waals surface area contributed by atoms with Gasteiger partial charge in [-0.25, -0.2) is 0 Å². The first kappa shape index (κ1) is 15.2. The molecular weight excluding hydrogens is 283 g/mol. The average molecular weight is 293 g/mol. The van der Waals surface area contributed by atoms with Crippen molar-refractivity contribution in [2.75, 3.05) is 0 Å². The van der Waals surface area contributed by atoms with E-state index >= 15 is 0 Å². The average Bonchev–Trinajstić information content (AvgIpc) is 2.41. The first-order valence-corrected chi connectivity index (χ1v) is 5.75. The maximum Gasteiger partial charge on any atom is 0.227 e. The normalized spacial score (nSPS) is 9.26. The van der Waals surface area contributed by atoms with Crippen molar-refractivity contribution in [1.29, 1.82) is 5.26 Å². The number of pyridine rings is 1. The SMILES string of the molecule is N#Cc1ccc(C(=O)C[n+]2ccc(Cl)cc2)cc1.[Cl-]. The molecule has 0 unspecified atom stereocenters. The van der Waals surface area contributed by atoms with Crippen LogP contribution in [0.2, 0.25) is 5.02 Å². The van der Waals surface area contributed by atoms with Crippen LogP contribution >= 0.6 is 11.6 Å². The van der Waals surface area contributed by atoms with Crippen LogP contribution in [0.25, 0.3) is 0 Å². The minimum atomic E-state index is -0.00758. The molecule has 0 aliphatic carbocycles. The summed E-state index contributed by atoms with van der Waals surface area (Å²) in [5.74, 6) is -0.00758. The van der Waals surface area contributed by atoms with Gasteiger partial charge in [-0.2, -0.15) is 9.83 Å². The lowest BCUT2D eigenvalue weighted by Gasteiger charge is -1.98. The molecule has 0 spiro atoms. The summed E-state index contributed by atoms with van der Waals surface area (Å²) in [5, 5.41) is 9.31. The number of carbonyl (C=O) groups excluding carboxylic acids is 1. The Kier molecular flexibility index (Phi) is 5.50. The van der Waals surface area contributed by atoms with Crippen LogP contribution in [0.5, 0.6) is 0 Å². The zero-order valence-corrected chi connectivity index (χ0v) is 11.4. The second-order valence-electron chi connectivity index (χ2n) is 3.80. The van der Waals surface area contributed by atoms with Gasteiger partial charge in [0.25, 0.3) is 0 Å². The van der Waals surface area contributed by atoms with Crippen LogP contribution in [0.4, 0.5) is 0 Å². The van der Waals surface area contributed by atoms with Gasteiger partial charge in [-0.15, -0.1) is 0 Å². The Balaban J connectivity index is 0.00000180. The number of aromatic nitrogens is 1. The number of ketones is 1. The Morgan fingerprint density at radius 1 is 1.16 bits per heavy atom. The number of nitrogens with zero attached hydrogens (tertiary/aromatic N) is 2. The molecular formula is C14H10Cl2N2O.